The molecule has 0 unspecified atom stereocenters. The van der Waals surface area contributed by atoms with Crippen molar-refractivity contribution in [2.24, 2.45) is 0 Å². The summed E-state index contributed by atoms with van der Waals surface area (Å²) in [5, 5.41) is 9.69. The van der Waals surface area contributed by atoms with Gasteiger partial charge in [0.05, 0.1) is 12.6 Å². The SMILES string of the molecule is O=C(OCc1ccccc1)N1CC[C@H](c2ccc(F)cc2)C[C@H]1CO. The molecule has 1 aliphatic rings. The van der Waals surface area contributed by atoms with Crippen LogP contribution in [-0.4, -0.2) is 35.3 Å². The molecule has 1 saturated heterocycles. The first-order chi connectivity index (χ1) is 12.2. The first-order valence-electron chi connectivity index (χ1n) is 8.51. The molecule has 0 saturated carbocycles. The summed E-state index contributed by atoms with van der Waals surface area (Å²) in [6.07, 6.45) is 1.01. The van der Waals surface area contributed by atoms with Crippen LogP contribution in [0.2, 0.25) is 0 Å². The number of piperidine rings is 1. The lowest BCUT2D eigenvalue weighted by Crippen LogP contribution is -2.47. The van der Waals surface area contributed by atoms with Crippen LogP contribution in [0, 0.1) is 5.82 Å². The molecule has 132 valence electrons. The number of rotatable bonds is 4. The number of carbonyl (C=O) groups is 1. The van der Waals surface area contributed by atoms with E-state index in [2.05, 4.69) is 0 Å². The normalized spacial score (nSPS) is 20.3. The number of halogens is 1. The molecule has 1 fully saturated rings. The van der Waals surface area contributed by atoms with E-state index in [-0.39, 0.29) is 31.0 Å². The number of likely N-dealkylation sites (tertiary alicyclic amines) is 1. The van der Waals surface area contributed by atoms with Gasteiger partial charge in [-0.3, -0.25) is 0 Å². The van der Waals surface area contributed by atoms with E-state index >= 15 is 0 Å². The zero-order chi connectivity index (χ0) is 17.6. The molecule has 2 aromatic rings. The van der Waals surface area contributed by atoms with E-state index < -0.39 is 6.09 Å². The third-order valence-electron chi connectivity index (χ3n) is 4.71. The summed E-state index contributed by atoms with van der Waals surface area (Å²) in [5.74, 6) is -0.0553. The average molecular weight is 343 g/mol. The number of hydrogen-bond acceptors (Lipinski definition) is 3. The molecule has 0 aromatic heterocycles. The molecular weight excluding hydrogens is 321 g/mol. The molecule has 2 aromatic carbocycles. The first kappa shape index (κ1) is 17.4. The van der Waals surface area contributed by atoms with E-state index in [1.54, 1.807) is 17.0 Å². The Labute approximate surface area is 146 Å². The summed E-state index contributed by atoms with van der Waals surface area (Å²) < 4.78 is 18.5. The number of ether oxygens (including phenoxy) is 1. The van der Waals surface area contributed by atoms with Crippen LogP contribution in [0.3, 0.4) is 0 Å². The summed E-state index contributed by atoms with van der Waals surface area (Å²) in [6, 6.07) is 15.7. The fourth-order valence-electron chi connectivity index (χ4n) is 3.30. The molecule has 1 N–H and O–H groups in total. The van der Waals surface area contributed by atoms with Gasteiger partial charge in [-0.05, 0) is 42.0 Å². The molecule has 0 aliphatic carbocycles. The van der Waals surface area contributed by atoms with Gasteiger partial charge in [-0.1, -0.05) is 42.5 Å². The van der Waals surface area contributed by atoms with Crippen molar-refractivity contribution in [1.82, 2.24) is 4.90 Å². The highest BCUT2D eigenvalue weighted by Gasteiger charge is 2.32. The minimum atomic E-state index is -0.402. The van der Waals surface area contributed by atoms with Crippen LogP contribution in [0.4, 0.5) is 9.18 Å². The lowest BCUT2D eigenvalue weighted by Gasteiger charge is -2.38. The van der Waals surface area contributed by atoms with Crippen molar-refractivity contribution in [2.75, 3.05) is 13.2 Å². The third kappa shape index (κ3) is 4.37. The number of carbonyl (C=O) groups excluding carboxylic acids is 1. The number of hydrogen-bond donors (Lipinski definition) is 1. The maximum absolute atomic E-state index is 13.1. The summed E-state index contributed by atoms with van der Waals surface area (Å²) in [5.41, 5.74) is 1.97. The zero-order valence-electron chi connectivity index (χ0n) is 14.0. The van der Waals surface area contributed by atoms with Gasteiger partial charge in [0.1, 0.15) is 12.4 Å². The van der Waals surface area contributed by atoms with Gasteiger partial charge < -0.3 is 14.7 Å². The van der Waals surface area contributed by atoms with E-state index in [0.717, 1.165) is 17.5 Å². The van der Waals surface area contributed by atoms with Crippen molar-refractivity contribution in [3.63, 3.8) is 0 Å². The number of nitrogens with zero attached hydrogens (tertiary/aromatic N) is 1. The van der Waals surface area contributed by atoms with Crippen LogP contribution >= 0.6 is 0 Å². The van der Waals surface area contributed by atoms with Gasteiger partial charge in [0.2, 0.25) is 0 Å². The maximum atomic E-state index is 13.1. The predicted molar refractivity (Wildman–Crippen MR) is 92.6 cm³/mol. The molecule has 5 heteroatoms. The Balaban J connectivity index is 1.59. The molecular formula is C20H22FNO3. The van der Waals surface area contributed by atoms with Gasteiger partial charge in [0, 0.05) is 6.54 Å². The van der Waals surface area contributed by atoms with E-state index in [1.807, 2.05) is 30.3 Å². The molecule has 1 amide bonds. The van der Waals surface area contributed by atoms with Crippen LogP contribution in [0.5, 0.6) is 0 Å². The van der Waals surface area contributed by atoms with Crippen LogP contribution in [0.25, 0.3) is 0 Å². The number of benzene rings is 2. The summed E-state index contributed by atoms with van der Waals surface area (Å²) >= 11 is 0. The second kappa shape index (κ2) is 8.12. The monoisotopic (exact) mass is 343 g/mol. The van der Waals surface area contributed by atoms with Gasteiger partial charge in [-0.15, -0.1) is 0 Å². The maximum Gasteiger partial charge on any atom is 0.410 e. The lowest BCUT2D eigenvalue weighted by molar-refractivity contribution is 0.0455. The Hall–Kier alpha value is -2.40. The molecule has 1 heterocycles. The highest BCUT2D eigenvalue weighted by Crippen LogP contribution is 2.32. The van der Waals surface area contributed by atoms with Crippen molar-refractivity contribution in [2.45, 2.75) is 31.4 Å². The predicted octanol–water partition coefficient (Wildman–Crippen LogP) is 3.70. The lowest BCUT2D eigenvalue weighted by atomic mass is 9.85. The Morgan fingerprint density at radius 2 is 1.88 bits per heavy atom. The topological polar surface area (TPSA) is 49.8 Å². The highest BCUT2D eigenvalue weighted by atomic mass is 19.1. The average Bonchev–Trinajstić information content (AvgIpc) is 2.67. The van der Waals surface area contributed by atoms with Gasteiger partial charge in [0.15, 0.2) is 0 Å². The standard InChI is InChI=1S/C20H22FNO3/c21-18-8-6-16(7-9-18)17-10-11-22(19(12-17)13-23)20(24)25-14-15-4-2-1-3-5-15/h1-9,17,19,23H,10-14H2/t17-,19-/m0/s1. The van der Waals surface area contributed by atoms with Crippen molar-refractivity contribution in [3.05, 3.63) is 71.5 Å². The smallest absolute Gasteiger partial charge is 0.410 e. The van der Waals surface area contributed by atoms with Gasteiger partial charge in [-0.2, -0.15) is 0 Å². The fraction of sp³-hybridized carbons (Fsp3) is 0.350. The van der Waals surface area contributed by atoms with Crippen LogP contribution < -0.4 is 0 Å². The molecule has 3 rings (SSSR count). The van der Waals surface area contributed by atoms with Crippen molar-refractivity contribution in [3.8, 4) is 0 Å². The molecule has 1 aliphatic heterocycles. The second-order valence-electron chi connectivity index (χ2n) is 6.34. The molecule has 0 bridgehead atoms. The van der Waals surface area contributed by atoms with Crippen molar-refractivity contribution >= 4 is 6.09 Å². The van der Waals surface area contributed by atoms with E-state index in [4.69, 9.17) is 4.74 Å². The minimum Gasteiger partial charge on any atom is -0.445 e. The molecule has 0 spiro atoms. The number of amides is 1. The van der Waals surface area contributed by atoms with E-state index in [9.17, 15) is 14.3 Å². The third-order valence-corrected chi connectivity index (χ3v) is 4.71. The summed E-state index contributed by atoms with van der Waals surface area (Å²) in [4.78, 5) is 14.0. The largest absolute Gasteiger partial charge is 0.445 e. The van der Waals surface area contributed by atoms with Crippen molar-refractivity contribution in [1.29, 1.82) is 0 Å². The number of aliphatic hydroxyl groups is 1. The van der Waals surface area contributed by atoms with Crippen LogP contribution in [0.15, 0.2) is 54.6 Å². The minimum absolute atomic E-state index is 0.113. The summed E-state index contributed by atoms with van der Waals surface area (Å²) in [6.45, 7) is 0.620. The van der Waals surface area contributed by atoms with Crippen molar-refractivity contribution < 1.29 is 19.0 Å². The van der Waals surface area contributed by atoms with Gasteiger partial charge in [-0.25, -0.2) is 9.18 Å². The first-order valence-corrected chi connectivity index (χ1v) is 8.51. The molecule has 0 radical (unpaired) electrons. The molecule has 4 nitrogen and oxygen atoms in total. The Morgan fingerprint density at radius 3 is 2.56 bits per heavy atom. The number of aliphatic hydroxyl groups excluding tert-OH is 1. The van der Waals surface area contributed by atoms with Gasteiger partial charge in [0.25, 0.3) is 0 Å². The van der Waals surface area contributed by atoms with Crippen LogP contribution in [0.1, 0.15) is 29.9 Å². The Bertz CT molecular complexity index is 690. The second-order valence-corrected chi connectivity index (χ2v) is 6.34. The van der Waals surface area contributed by atoms with Crippen LogP contribution in [-0.2, 0) is 11.3 Å². The Kier molecular flexibility index (Phi) is 5.66. The highest BCUT2D eigenvalue weighted by molar-refractivity contribution is 5.68. The summed E-state index contributed by atoms with van der Waals surface area (Å²) in [7, 11) is 0. The fourth-order valence-corrected chi connectivity index (χ4v) is 3.30. The quantitative estimate of drug-likeness (QED) is 0.921. The zero-order valence-corrected chi connectivity index (χ0v) is 14.0. The van der Waals surface area contributed by atoms with E-state index in [0.29, 0.717) is 13.0 Å². The molecule has 2 atom stereocenters. The Morgan fingerprint density at radius 1 is 1.16 bits per heavy atom. The van der Waals surface area contributed by atoms with E-state index in [1.165, 1.54) is 12.1 Å². The van der Waals surface area contributed by atoms with Gasteiger partial charge >= 0.3 is 6.09 Å². The molecule has 25 heavy (non-hydrogen) atoms.